The first-order valence-electron chi connectivity index (χ1n) is 5.93. The first kappa shape index (κ1) is 13.2. The second-order valence-corrected chi connectivity index (χ2v) is 4.15. The van der Waals surface area contributed by atoms with Crippen molar-refractivity contribution in [1.29, 1.82) is 0 Å². The number of aliphatic hydroxyl groups excluding tert-OH is 1. The number of benzene rings is 2. The molecule has 0 bridgehead atoms. The highest BCUT2D eigenvalue weighted by Crippen LogP contribution is 2.11. The summed E-state index contributed by atoms with van der Waals surface area (Å²) in [7, 11) is 0. The highest BCUT2D eigenvalue weighted by Gasteiger charge is 2.10. The Bertz CT molecular complexity index is 557. The maximum atomic E-state index is 13.0. The lowest BCUT2D eigenvalue weighted by atomic mass is 10.1. The van der Waals surface area contributed by atoms with Crippen LogP contribution in [0.3, 0.4) is 0 Å². The highest BCUT2D eigenvalue weighted by molar-refractivity contribution is 5.94. The monoisotopic (exact) mass is 259 g/mol. The zero-order valence-corrected chi connectivity index (χ0v) is 10.2. The molecule has 1 atom stereocenters. The molecular formula is C15H14FNO2. The van der Waals surface area contributed by atoms with E-state index in [9.17, 15) is 14.3 Å². The van der Waals surface area contributed by atoms with E-state index in [1.165, 1.54) is 18.2 Å². The molecule has 3 nitrogen and oxygen atoms in total. The van der Waals surface area contributed by atoms with Crippen LogP contribution >= 0.6 is 0 Å². The number of carbonyl (C=O) groups excluding carboxylic acids is 1. The van der Waals surface area contributed by atoms with Gasteiger partial charge in [0.15, 0.2) is 0 Å². The third-order valence-corrected chi connectivity index (χ3v) is 2.73. The first-order chi connectivity index (χ1) is 9.16. The van der Waals surface area contributed by atoms with E-state index in [1.54, 1.807) is 12.1 Å². The van der Waals surface area contributed by atoms with Crippen LogP contribution in [0.1, 0.15) is 22.0 Å². The van der Waals surface area contributed by atoms with Crippen molar-refractivity contribution in [1.82, 2.24) is 5.32 Å². The molecule has 0 spiro atoms. The minimum absolute atomic E-state index is 0.0827. The molecule has 0 saturated heterocycles. The van der Waals surface area contributed by atoms with E-state index < -0.39 is 17.8 Å². The Morgan fingerprint density at radius 3 is 2.58 bits per heavy atom. The summed E-state index contributed by atoms with van der Waals surface area (Å²) >= 11 is 0. The molecule has 0 aliphatic heterocycles. The smallest absolute Gasteiger partial charge is 0.251 e. The summed E-state index contributed by atoms with van der Waals surface area (Å²) in [6.07, 6.45) is -0.779. The molecule has 2 rings (SSSR count). The van der Waals surface area contributed by atoms with Crippen LogP contribution in [0.4, 0.5) is 4.39 Å². The van der Waals surface area contributed by atoms with E-state index in [2.05, 4.69) is 5.32 Å². The van der Waals surface area contributed by atoms with Crippen LogP contribution < -0.4 is 5.32 Å². The Morgan fingerprint density at radius 2 is 1.89 bits per heavy atom. The molecule has 0 aromatic heterocycles. The topological polar surface area (TPSA) is 49.3 Å². The van der Waals surface area contributed by atoms with E-state index in [-0.39, 0.29) is 12.1 Å². The number of carbonyl (C=O) groups is 1. The third-order valence-electron chi connectivity index (χ3n) is 2.73. The predicted octanol–water partition coefficient (Wildman–Crippen LogP) is 2.29. The average molecular weight is 259 g/mol. The fourth-order valence-electron chi connectivity index (χ4n) is 1.71. The minimum Gasteiger partial charge on any atom is -0.387 e. The van der Waals surface area contributed by atoms with Crippen molar-refractivity contribution in [3.05, 3.63) is 71.5 Å². The second kappa shape index (κ2) is 6.11. The fourth-order valence-corrected chi connectivity index (χ4v) is 1.71. The van der Waals surface area contributed by atoms with Crippen LogP contribution in [0.2, 0.25) is 0 Å². The number of halogens is 1. The van der Waals surface area contributed by atoms with Crippen molar-refractivity contribution in [2.75, 3.05) is 6.54 Å². The number of hydrogen-bond acceptors (Lipinski definition) is 2. The lowest BCUT2D eigenvalue weighted by molar-refractivity contribution is 0.0916. The fraction of sp³-hybridized carbons (Fsp3) is 0.133. The van der Waals surface area contributed by atoms with Gasteiger partial charge in [0.1, 0.15) is 5.82 Å². The van der Waals surface area contributed by atoms with Gasteiger partial charge in [0, 0.05) is 12.1 Å². The van der Waals surface area contributed by atoms with E-state index in [0.29, 0.717) is 0 Å². The van der Waals surface area contributed by atoms with Gasteiger partial charge >= 0.3 is 0 Å². The van der Waals surface area contributed by atoms with Crippen molar-refractivity contribution < 1.29 is 14.3 Å². The van der Waals surface area contributed by atoms with E-state index in [0.717, 1.165) is 11.6 Å². The van der Waals surface area contributed by atoms with Crippen LogP contribution in [0.5, 0.6) is 0 Å². The van der Waals surface area contributed by atoms with Gasteiger partial charge < -0.3 is 10.4 Å². The summed E-state index contributed by atoms with van der Waals surface area (Å²) in [5, 5.41) is 12.5. The van der Waals surface area contributed by atoms with Crippen LogP contribution in [0.25, 0.3) is 0 Å². The highest BCUT2D eigenvalue weighted by atomic mass is 19.1. The Morgan fingerprint density at radius 1 is 1.16 bits per heavy atom. The van der Waals surface area contributed by atoms with Gasteiger partial charge in [0.05, 0.1) is 6.10 Å². The predicted molar refractivity (Wildman–Crippen MR) is 70.1 cm³/mol. The zero-order chi connectivity index (χ0) is 13.7. The van der Waals surface area contributed by atoms with E-state index >= 15 is 0 Å². The number of hydrogen-bond donors (Lipinski definition) is 2. The van der Waals surface area contributed by atoms with Gasteiger partial charge in [-0.25, -0.2) is 4.39 Å². The van der Waals surface area contributed by atoms with Crippen LogP contribution in [-0.4, -0.2) is 17.6 Å². The average Bonchev–Trinajstić information content (AvgIpc) is 2.45. The Labute approximate surface area is 110 Å². The van der Waals surface area contributed by atoms with Crippen molar-refractivity contribution in [2.24, 2.45) is 0 Å². The van der Waals surface area contributed by atoms with Gasteiger partial charge in [0.25, 0.3) is 5.91 Å². The summed E-state index contributed by atoms with van der Waals surface area (Å²) < 4.78 is 13.0. The molecule has 2 N–H and O–H groups in total. The second-order valence-electron chi connectivity index (χ2n) is 4.15. The molecule has 0 heterocycles. The summed E-state index contributed by atoms with van der Waals surface area (Å²) in [6, 6.07) is 14.4. The van der Waals surface area contributed by atoms with Gasteiger partial charge in [0.2, 0.25) is 0 Å². The number of rotatable bonds is 4. The maximum absolute atomic E-state index is 13.0. The molecule has 4 heteroatoms. The SMILES string of the molecule is O=C(NC[C@H](O)c1ccccc1)c1cccc(F)c1. The zero-order valence-electron chi connectivity index (χ0n) is 10.2. The van der Waals surface area contributed by atoms with Gasteiger partial charge in [-0.1, -0.05) is 36.4 Å². The first-order valence-corrected chi connectivity index (χ1v) is 5.93. The summed E-state index contributed by atoms with van der Waals surface area (Å²) in [5.74, 6) is -0.870. The van der Waals surface area contributed by atoms with Crippen LogP contribution in [-0.2, 0) is 0 Å². The largest absolute Gasteiger partial charge is 0.387 e. The van der Waals surface area contributed by atoms with Crippen molar-refractivity contribution in [3.63, 3.8) is 0 Å². The molecule has 0 unspecified atom stereocenters. The number of nitrogens with one attached hydrogen (secondary N) is 1. The van der Waals surface area contributed by atoms with Crippen molar-refractivity contribution in [3.8, 4) is 0 Å². The standard InChI is InChI=1S/C15H14FNO2/c16-13-8-4-7-12(9-13)15(19)17-10-14(18)11-5-2-1-3-6-11/h1-9,14,18H,10H2,(H,17,19)/t14-/m0/s1. The Hall–Kier alpha value is -2.20. The normalized spacial score (nSPS) is 11.9. The molecule has 0 aliphatic rings. The molecule has 0 fully saturated rings. The van der Waals surface area contributed by atoms with E-state index in [1.807, 2.05) is 18.2 Å². The summed E-state index contributed by atoms with van der Waals surface area (Å²) in [6.45, 7) is 0.0827. The molecule has 98 valence electrons. The maximum Gasteiger partial charge on any atom is 0.251 e. The molecule has 0 radical (unpaired) electrons. The number of amides is 1. The summed E-state index contributed by atoms with van der Waals surface area (Å²) in [4.78, 5) is 11.7. The quantitative estimate of drug-likeness (QED) is 0.885. The molecule has 2 aromatic carbocycles. The molecular weight excluding hydrogens is 245 g/mol. The van der Waals surface area contributed by atoms with Gasteiger partial charge in [-0.3, -0.25) is 4.79 Å². The number of aliphatic hydroxyl groups is 1. The molecule has 2 aromatic rings. The lowest BCUT2D eigenvalue weighted by Crippen LogP contribution is -2.28. The van der Waals surface area contributed by atoms with Crippen LogP contribution in [0.15, 0.2) is 54.6 Å². The molecule has 19 heavy (non-hydrogen) atoms. The minimum atomic E-state index is -0.779. The Balaban J connectivity index is 1.94. The van der Waals surface area contributed by atoms with Gasteiger partial charge in [-0.2, -0.15) is 0 Å². The lowest BCUT2D eigenvalue weighted by Gasteiger charge is -2.12. The van der Waals surface area contributed by atoms with E-state index in [4.69, 9.17) is 0 Å². The third kappa shape index (κ3) is 3.63. The van der Waals surface area contributed by atoms with Gasteiger partial charge in [-0.15, -0.1) is 0 Å². The van der Waals surface area contributed by atoms with Crippen molar-refractivity contribution in [2.45, 2.75) is 6.10 Å². The van der Waals surface area contributed by atoms with Crippen LogP contribution in [0, 0.1) is 5.82 Å². The molecule has 0 aliphatic carbocycles. The molecule has 0 saturated carbocycles. The van der Waals surface area contributed by atoms with Gasteiger partial charge in [-0.05, 0) is 23.8 Å². The summed E-state index contributed by atoms with van der Waals surface area (Å²) in [5.41, 5.74) is 0.960. The Kier molecular flexibility index (Phi) is 4.26. The van der Waals surface area contributed by atoms with Crippen molar-refractivity contribution >= 4 is 5.91 Å². The molecule has 1 amide bonds.